The van der Waals surface area contributed by atoms with Crippen LogP contribution in [0.4, 0.5) is 10.1 Å². The lowest BCUT2D eigenvalue weighted by molar-refractivity contribution is -0.385. The minimum absolute atomic E-state index is 0.0571. The van der Waals surface area contributed by atoms with Crippen molar-refractivity contribution in [3.05, 3.63) is 39.7 Å². The number of carbonyl (C=O) groups is 1. The number of primary amides is 1. The van der Waals surface area contributed by atoms with E-state index in [2.05, 4.69) is 5.32 Å². The molecule has 0 saturated heterocycles. The van der Waals surface area contributed by atoms with Crippen molar-refractivity contribution in [2.24, 2.45) is 11.7 Å². The van der Waals surface area contributed by atoms with Crippen LogP contribution in [0.25, 0.3) is 0 Å². The fraction of sp³-hybridized carbons (Fsp3) is 0.500. The van der Waals surface area contributed by atoms with E-state index in [1.165, 1.54) is 12.1 Å². The zero-order chi connectivity index (χ0) is 15.4. The van der Waals surface area contributed by atoms with Gasteiger partial charge in [0.1, 0.15) is 5.82 Å². The molecule has 3 N–H and O–H groups in total. The van der Waals surface area contributed by atoms with Crippen LogP contribution in [0.2, 0.25) is 0 Å². The third-order valence-corrected chi connectivity index (χ3v) is 3.88. The Balaban J connectivity index is 1.89. The van der Waals surface area contributed by atoms with E-state index in [0.717, 1.165) is 31.7 Å². The van der Waals surface area contributed by atoms with Gasteiger partial charge in [0.2, 0.25) is 5.91 Å². The SMILES string of the molecule is NC(=O)C1CCC(NCc2cc(F)cc([N+](=O)[O-])c2)CC1. The lowest BCUT2D eigenvalue weighted by atomic mass is 9.85. The zero-order valence-corrected chi connectivity index (χ0v) is 11.5. The van der Waals surface area contributed by atoms with Crippen LogP contribution in [-0.2, 0) is 11.3 Å². The number of amides is 1. The van der Waals surface area contributed by atoms with E-state index in [-0.39, 0.29) is 23.6 Å². The largest absolute Gasteiger partial charge is 0.369 e. The molecule has 1 aliphatic rings. The molecule has 1 amide bonds. The number of nitro benzene ring substituents is 1. The van der Waals surface area contributed by atoms with Crippen molar-refractivity contribution >= 4 is 11.6 Å². The Morgan fingerprint density at radius 1 is 1.33 bits per heavy atom. The number of halogens is 1. The Bertz CT molecular complexity index is 542. The predicted molar refractivity (Wildman–Crippen MR) is 74.8 cm³/mol. The number of non-ortho nitro benzene ring substituents is 1. The van der Waals surface area contributed by atoms with Crippen molar-refractivity contribution in [1.29, 1.82) is 0 Å². The Kier molecular flexibility index (Phi) is 4.85. The molecule has 2 rings (SSSR count). The highest BCUT2D eigenvalue weighted by Gasteiger charge is 2.24. The molecule has 7 heteroatoms. The summed E-state index contributed by atoms with van der Waals surface area (Å²) >= 11 is 0. The number of benzene rings is 1. The second kappa shape index (κ2) is 6.62. The number of nitro groups is 1. The normalized spacial score (nSPS) is 22.0. The van der Waals surface area contributed by atoms with Crippen LogP contribution in [0, 0.1) is 21.8 Å². The minimum Gasteiger partial charge on any atom is -0.369 e. The van der Waals surface area contributed by atoms with Crippen molar-refractivity contribution in [2.45, 2.75) is 38.3 Å². The molecule has 1 aromatic carbocycles. The Morgan fingerprint density at radius 2 is 2.00 bits per heavy atom. The second-order valence-electron chi connectivity index (χ2n) is 5.41. The second-order valence-corrected chi connectivity index (χ2v) is 5.41. The monoisotopic (exact) mass is 295 g/mol. The molecule has 114 valence electrons. The third kappa shape index (κ3) is 4.22. The average Bonchev–Trinajstić information content (AvgIpc) is 2.45. The first-order valence-corrected chi connectivity index (χ1v) is 6.92. The van der Waals surface area contributed by atoms with E-state index in [1.807, 2.05) is 0 Å². The molecule has 1 aliphatic carbocycles. The predicted octanol–water partition coefficient (Wildman–Crippen LogP) is 1.87. The molecule has 0 heterocycles. The van der Waals surface area contributed by atoms with Gasteiger partial charge in [0.05, 0.1) is 11.0 Å². The number of hydrogen-bond acceptors (Lipinski definition) is 4. The smallest absolute Gasteiger partial charge is 0.272 e. The minimum atomic E-state index is -0.613. The lowest BCUT2D eigenvalue weighted by Gasteiger charge is -2.27. The van der Waals surface area contributed by atoms with Crippen LogP contribution in [0.5, 0.6) is 0 Å². The summed E-state index contributed by atoms with van der Waals surface area (Å²) in [6.45, 7) is 0.366. The molecule has 1 saturated carbocycles. The molecular weight excluding hydrogens is 277 g/mol. The number of carbonyl (C=O) groups excluding carboxylic acids is 1. The van der Waals surface area contributed by atoms with Gasteiger partial charge in [-0.3, -0.25) is 14.9 Å². The van der Waals surface area contributed by atoms with E-state index in [4.69, 9.17) is 5.73 Å². The van der Waals surface area contributed by atoms with Gasteiger partial charge in [-0.1, -0.05) is 0 Å². The lowest BCUT2D eigenvalue weighted by Crippen LogP contribution is -2.36. The first-order valence-electron chi connectivity index (χ1n) is 6.92. The highest BCUT2D eigenvalue weighted by atomic mass is 19.1. The van der Waals surface area contributed by atoms with Gasteiger partial charge in [-0.25, -0.2) is 4.39 Å². The summed E-state index contributed by atoms with van der Waals surface area (Å²) < 4.78 is 13.3. The van der Waals surface area contributed by atoms with Crippen molar-refractivity contribution in [2.75, 3.05) is 0 Å². The molecule has 0 atom stereocenters. The maximum Gasteiger partial charge on any atom is 0.272 e. The van der Waals surface area contributed by atoms with E-state index in [9.17, 15) is 19.3 Å². The first-order chi connectivity index (χ1) is 9.95. The molecule has 0 bridgehead atoms. The highest BCUT2D eigenvalue weighted by Crippen LogP contribution is 2.24. The average molecular weight is 295 g/mol. The Hall–Kier alpha value is -2.02. The van der Waals surface area contributed by atoms with Crippen LogP contribution < -0.4 is 11.1 Å². The number of nitrogens with two attached hydrogens (primary N) is 1. The molecule has 0 unspecified atom stereocenters. The van der Waals surface area contributed by atoms with Gasteiger partial charge in [-0.2, -0.15) is 0 Å². The van der Waals surface area contributed by atoms with Crippen LogP contribution in [0.3, 0.4) is 0 Å². The van der Waals surface area contributed by atoms with Gasteiger partial charge in [0.25, 0.3) is 5.69 Å². The maximum atomic E-state index is 13.3. The zero-order valence-electron chi connectivity index (χ0n) is 11.5. The standard InChI is InChI=1S/C14H18FN3O3/c15-11-5-9(6-13(7-11)18(20)21)8-17-12-3-1-10(2-4-12)14(16)19/h5-7,10,12,17H,1-4,8H2,(H2,16,19). The van der Waals surface area contributed by atoms with Crippen molar-refractivity contribution in [3.8, 4) is 0 Å². The Morgan fingerprint density at radius 3 is 2.57 bits per heavy atom. The van der Waals surface area contributed by atoms with Gasteiger partial charge >= 0.3 is 0 Å². The summed E-state index contributed by atoms with van der Waals surface area (Å²) in [5.41, 5.74) is 5.57. The van der Waals surface area contributed by atoms with Gasteiger partial charge in [-0.15, -0.1) is 0 Å². The summed E-state index contributed by atoms with van der Waals surface area (Å²) in [6.07, 6.45) is 3.14. The van der Waals surface area contributed by atoms with E-state index < -0.39 is 10.7 Å². The topological polar surface area (TPSA) is 98.3 Å². The molecule has 1 fully saturated rings. The van der Waals surface area contributed by atoms with Gasteiger partial charge in [0.15, 0.2) is 0 Å². The van der Waals surface area contributed by atoms with Crippen molar-refractivity contribution < 1.29 is 14.1 Å². The number of nitrogens with one attached hydrogen (secondary N) is 1. The van der Waals surface area contributed by atoms with Gasteiger partial charge in [-0.05, 0) is 37.3 Å². The fourth-order valence-electron chi connectivity index (χ4n) is 2.69. The molecule has 1 aromatic rings. The summed E-state index contributed by atoms with van der Waals surface area (Å²) in [4.78, 5) is 21.2. The summed E-state index contributed by atoms with van der Waals surface area (Å²) in [5.74, 6) is -0.925. The Labute approximate surface area is 121 Å². The number of rotatable bonds is 5. The molecule has 6 nitrogen and oxygen atoms in total. The van der Waals surface area contributed by atoms with Crippen LogP contribution in [0.15, 0.2) is 18.2 Å². The van der Waals surface area contributed by atoms with Gasteiger partial charge < -0.3 is 11.1 Å². The fourth-order valence-corrected chi connectivity index (χ4v) is 2.69. The molecule has 0 aliphatic heterocycles. The number of nitrogens with zero attached hydrogens (tertiary/aromatic N) is 1. The van der Waals surface area contributed by atoms with E-state index in [0.29, 0.717) is 12.1 Å². The summed E-state index contributed by atoms with van der Waals surface area (Å²) in [7, 11) is 0. The summed E-state index contributed by atoms with van der Waals surface area (Å²) in [5, 5.41) is 13.9. The van der Waals surface area contributed by atoms with E-state index in [1.54, 1.807) is 0 Å². The van der Waals surface area contributed by atoms with Crippen molar-refractivity contribution in [1.82, 2.24) is 5.32 Å². The highest BCUT2D eigenvalue weighted by molar-refractivity contribution is 5.76. The van der Waals surface area contributed by atoms with Crippen LogP contribution in [0.1, 0.15) is 31.2 Å². The molecule has 0 aromatic heterocycles. The van der Waals surface area contributed by atoms with Crippen LogP contribution in [-0.4, -0.2) is 16.9 Å². The summed E-state index contributed by atoms with van der Waals surface area (Å²) in [6, 6.07) is 3.78. The molecule has 0 radical (unpaired) electrons. The molecule has 21 heavy (non-hydrogen) atoms. The van der Waals surface area contributed by atoms with Gasteiger partial charge in [0, 0.05) is 24.6 Å². The molecule has 0 spiro atoms. The van der Waals surface area contributed by atoms with E-state index >= 15 is 0 Å². The quantitative estimate of drug-likeness (QED) is 0.640. The number of hydrogen-bond donors (Lipinski definition) is 2. The third-order valence-electron chi connectivity index (χ3n) is 3.88. The van der Waals surface area contributed by atoms with Crippen molar-refractivity contribution in [3.63, 3.8) is 0 Å². The molecular formula is C14H18FN3O3. The van der Waals surface area contributed by atoms with Crippen LogP contribution >= 0.6 is 0 Å². The maximum absolute atomic E-state index is 13.3. The first kappa shape index (κ1) is 15.4.